The zero-order valence-corrected chi connectivity index (χ0v) is 13.1. The van der Waals surface area contributed by atoms with E-state index in [0.717, 1.165) is 23.0 Å². The molecule has 1 unspecified atom stereocenters. The molecule has 1 rings (SSSR count). The lowest BCUT2D eigenvalue weighted by Gasteiger charge is -2.17. The molecule has 1 aromatic carbocycles. The molecule has 0 fully saturated rings. The Bertz CT molecular complexity index is 423. The molecule has 4 nitrogen and oxygen atoms in total. The van der Waals surface area contributed by atoms with Gasteiger partial charge in [-0.1, -0.05) is 19.1 Å². The molecule has 1 N–H and O–H groups in total. The van der Waals surface area contributed by atoms with Crippen LogP contribution in [-0.2, 0) is 16.1 Å². The molecule has 5 heteroatoms. The summed E-state index contributed by atoms with van der Waals surface area (Å²) in [6.45, 7) is 5.44. The maximum absolute atomic E-state index is 11.4. The number of rotatable bonds is 7. The molecule has 0 saturated heterocycles. The molecular formula is C14H20BrNO3. The van der Waals surface area contributed by atoms with Gasteiger partial charge in [0.05, 0.1) is 11.6 Å². The highest BCUT2D eigenvalue weighted by Crippen LogP contribution is 2.30. The van der Waals surface area contributed by atoms with E-state index < -0.39 is 6.10 Å². The van der Waals surface area contributed by atoms with Crippen LogP contribution in [0.3, 0.4) is 0 Å². The first-order chi connectivity index (χ1) is 9.10. The summed E-state index contributed by atoms with van der Waals surface area (Å²) in [7, 11) is 1.35. The molecule has 0 aliphatic carbocycles. The zero-order valence-electron chi connectivity index (χ0n) is 11.5. The first kappa shape index (κ1) is 16.0. The molecule has 1 atom stereocenters. The van der Waals surface area contributed by atoms with E-state index >= 15 is 0 Å². The fourth-order valence-corrected chi connectivity index (χ4v) is 2.12. The second-order valence-corrected chi connectivity index (χ2v) is 5.04. The van der Waals surface area contributed by atoms with Gasteiger partial charge in [-0.2, -0.15) is 0 Å². The van der Waals surface area contributed by atoms with Gasteiger partial charge in [-0.05, 0) is 41.9 Å². The van der Waals surface area contributed by atoms with Crippen LogP contribution in [0.2, 0.25) is 0 Å². The lowest BCUT2D eigenvalue weighted by Crippen LogP contribution is -2.26. The van der Waals surface area contributed by atoms with Crippen LogP contribution >= 0.6 is 15.9 Å². The highest BCUT2D eigenvalue weighted by atomic mass is 79.9. The lowest BCUT2D eigenvalue weighted by atomic mass is 10.2. The fraction of sp³-hybridized carbons (Fsp3) is 0.500. The summed E-state index contributed by atoms with van der Waals surface area (Å²) >= 11 is 3.45. The van der Waals surface area contributed by atoms with Gasteiger partial charge in [-0.15, -0.1) is 0 Å². The Kier molecular flexibility index (Phi) is 6.87. The predicted molar refractivity (Wildman–Crippen MR) is 78.2 cm³/mol. The third-order valence-electron chi connectivity index (χ3n) is 2.62. The monoisotopic (exact) mass is 329 g/mol. The van der Waals surface area contributed by atoms with Crippen molar-refractivity contribution in [2.75, 3.05) is 13.7 Å². The smallest absolute Gasteiger partial charge is 0.346 e. The number of esters is 1. The summed E-state index contributed by atoms with van der Waals surface area (Å²) < 4.78 is 11.2. The maximum Gasteiger partial charge on any atom is 0.346 e. The van der Waals surface area contributed by atoms with Crippen molar-refractivity contribution in [2.45, 2.75) is 32.9 Å². The molecule has 0 saturated carbocycles. The molecule has 106 valence electrons. The van der Waals surface area contributed by atoms with E-state index in [-0.39, 0.29) is 5.97 Å². The van der Waals surface area contributed by atoms with Gasteiger partial charge in [0.25, 0.3) is 0 Å². The molecule has 0 aliphatic heterocycles. The molecule has 0 heterocycles. The van der Waals surface area contributed by atoms with Crippen molar-refractivity contribution >= 4 is 21.9 Å². The van der Waals surface area contributed by atoms with Gasteiger partial charge in [-0.25, -0.2) is 4.79 Å². The number of hydrogen-bond acceptors (Lipinski definition) is 4. The zero-order chi connectivity index (χ0) is 14.3. The number of ether oxygens (including phenoxy) is 2. The fourth-order valence-electron chi connectivity index (χ4n) is 1.62. The van der Waals surface area contributed by atoms with Gasteiger partial charge in [0.1, 0.15) is 5.75 Å². The number of benzene rings is 1. The molecule has 0 spiro atoms. The van der Waals surface area contributed by atoms with E-state index in [1.54, 1.807) is 6.92 Å². The summed E-state index contributed by atoms with van der Waals surface area (Å²) in [6, 6.07) is 5.82. The third-order valence-corrected chi connectivity index (χ3v) is 3.24. The number of hydrogen-bond donors (Lipinski definition) is 1. The average molecular weight is 330 g/mol. The summed E-state index contributed by atoms with van der Waals surface area (Å²) in [5, 5.41) is 3.32. The van der Waals surface area contributed by atoms with E-state index in [1.807, 2.05) is 18.2 Å². The van der Waals surface area contributed by atoms with Crippen LogP contribution in [0.1, 0.15) is 25.8 Å². The number of methoxy groups -OCH3 is 1. The average Bonchev–Trinajstić information content (AvgIpc) is 2.41. The van der Waals surface area contributed by atoms with Crippen molar-refractivity contribution in [3.8, 4) is 5.75 Å². The number of carbonyl (C=O) groups excluding carboxylic acids is 1. The molecule has 0 radical (unpaired) electrons. The molecule has 0 aromatic heterocycles. The largest absolute Gasteiger partial charge is 0.478 e. The van der Waals surface area contributed by atoms with E-state index in [0.29, 0.717) is 12.3 Å². The van der Waals surface area contributed by atoms with Crippen molar-refractivity contribution in [1.82, 2.24) is 5.32 Å². The first-order valence-corrected chi connectivity index (χ1v) is 7.12. The van der Waals surface area contributed by atoms with E-state index in [2.05, 4.69) is 32.9 Å². The quantitative estimate of drug-likeness (QED) is 0.617. The van der Waals surface area contributed by atoms with Crippen LogP contribution in [0.5, 0.6) is 5.75 Å². The Morgan fingerprint density at radius 2 is 2.21 bits per heavy atom. The second-order valence-electron chi connectivity index (χ2n) is 4.19. The van der Waals surface area contributed by atoms with Gasteiger partial charge in [-0.3, -0.25) is 0 Å². The Balaban J connectivity index is 2.82. The van der Waals surface area contributed by atoms with Crippen LogP contribution in [0.4, 0.5) is 0 Å². The normalized spacial score (nSPS) is 12.0. The Morgan fingerprint density at radius 1 is 1.47 bits per heavy atom. The summed E-state index contributed by atoms with van der Waals surface area (Å²) in [5.41, 5.74) is 1.01. The van der Waals surface area contributed by atoms with Crippen molar-refractivity contribution in [1.29, 1.82) is 0 Å². The van der Waals surface area contributed by atoms with Gasteiger partial charge in [0, 0.05) is 12.1 Å². The van der Waals surface area contributed by atoms with Crippen LogP contribution in [0.25, 0.3) is 0 Å². The molecule has 0 amide bonds. The Labute approximate surface area is 122 Å². The topological polar surface area (TPSA) is 47.6 Å². The maximum atomic E-state index is 11.4. The molecule has 0 aliphatic rings. The highest BCUT2D eigenvalue weighted by Gasteiger charge is 2.18. The minimum atomic E-state index is -0.631. The van der Waals surface area contributed by atoms with Crippen molar-refractivity contribution in [2.24, 2.45) is 0 Å². The van der Waals surface area contributed by atoms with E-state index in [4.69, 9.17) is 4.74 Å². The van der Waals surface area contributed by atoms with Crippen molar-refractivity contribution < 1.29 is 14.3 Å². The standard InChI is InChI=1S/C14H20BrNO3/c1-4-8-16-9-11-6-5-7-12(15)13(11)19-10(2)14(17)18-3/h5-7,10,16H,4,8-9H2,1-3H3. The first-order valence-electron chi connectivity index (χ1n) is 6.32. The minimum Gasteiger partial charge on any atom is -0.478 e. The molecule has 19 heavy (non-hydrogen) atoms. The number of carbonyl (C=O) groups is 1. The number of nitrogens with one attached hydrogen (secondary N) is 1. The van der Waals surface area contributed by atoms with E-state index in [1.165, 1.54) is 7.11 Å². The van der Waals surface area contributed by atoms with Crippen LogP contribution in [-0.4, -0.2) is 25.7 Å². The van der Waals surface area contributed by atoms with Gasteiger partial charge in [0.2, 0.25) is 0 Å². The summed E-state index contributed by atoms with van der Waals surface area (Å²) in [6.07, 6.45) is 0.441. The highest BCUT2D eigenvalue weighted by molar-refractivity contribution is 9.10. The predicted octanol–water partition coefficient (Wildman–Crippen LogP) is 2.89. The molecular weight excluding hydrogens is 310 g/mol. The Morgan fingerprint density at radius 3 is 2.84 bits per heavy atom. The third kappa shape index (κ3) is 4.84. The molecule has 1 aromatic rings. The lowest BCUT2D eigenvalue weighted by molar-refractivity contribution is -0.147. The number of para-hydroxylation sites is 1. The van der Waals surface area contributed by atoms with Gasteiger partial charge >= 0.3 is 5.97 Å². The van der Waals surface area contributed by atoms with E-state index in [9.17, 15) is 4.79 Å². The SMILES string of the molecule is CCCNCc1cccc(Br)c1OC(C)C(=O)OC. The van der Waals surface area contributed by atoms with Crippen molar-refractivity contribution in [3.05, 3.63) is 28.2 Å². The number of halogens is 1. The van der Waals surface area contributed by atoms with Crippen LogP contribution in [0.15, 0.2) is 22.7 Å². The van der Waals surface area contributed by atoms with Crippen molar-refractivity contribution in [3.63, 3.8) is 0 Å². The summed E-state index contributed by atoms with van der Waals surface area (Å²) in [5.74, 6) is 0.298. The second kappa shape index (κ2) is 8.17. The van der Waals surface area contributed by atoms with Crippen LogP contribution in [0, 0.1) is 0 Å². The minimum absolute atomic E-state index is 0.386. The van der Waals surface area contributed by atoms with Crippen LogP contribution < -0.4 is 10.1 Å². The summed E-state index contributed by atoms with van der Waals surface area (Å²) in [4.78, 5) is 11.4. The molecule has 0 bridgehead atoms. The van der Waals surface area contributed by atoms with Gasteiger partial charge in [0.15, 0.2) is 6.10 Å². The Hall–Kier alpha value is -1.07. The van der Waals surface area contributed by atoms with Gasteiger partial charge < -0.3 is 14.8 Å².